The van der Waals surface area contributed by atoms with Crippen molar-refractivity contribution in [1.29, 1.82) is 0 Å². The summed E-state index contributed by atoms with van der Waals surface area (Å²) < 4.78 is 27.4. The summed E-state index contributed by atoms with van der Waals surface area (Å²) in [6.07, 6.45) is -7.61. The monoisotopic (exact) mass is 490 g/mol. The topological polar surface area (TPSA) is 168 Å². The molecule has 35 heavy (non-hydrogen) atoms. The molecular formula is C24H26O11. The number of methoxy groups -OCH3 is 3. The van der Waals surface area contributed by atoms with Crippen molar-refractivity contribution >= 4 is 11.0 Å². The number of aliphatic hydroxyl groups is 4. The zero-order valence-electron chi connectivity index (χ0n) is 19.2. The molecule has 1 fully saturated rings. The smallest absolute Gasteiger partial charge is 0.197 e. The molecule has 2 heterocycles. The summed E-state index contributed by atoms with van der Waals surface area (Å²) in [5.74, 6) is 0.503. The maximum absolute atomic E-state index is 13.1. The molecule has 5 N–H and O–H groups in total. The van der Waals surface area contributed by atoms with E-state index in [1.54, 1.807) is 18.2 Å². The highest BCUT2D eigenvalue weighted by Gasteiger charge is 2.46. The minimum atomic E-state index is -1.69. The van der Waals surface area contributed by atoms with Gasteiger partial charge in [-0.1, -0.05) is 0 Å². The number of rotatable bonds is 6. The molecule has 2 aromatic carbocycles. The Morgan fingerprint density at radius 1 is 0.886 bits per heavy atom. The molecule has 0 radical (unpaired) electrons. The van der Waals surface area contributed by atoms with Gasteiger partial charge in [0, 0.05) is 17.7 Å². The minimum absolute atomic E-state index is 0.00746. The molecule has 0 saturated carbocycles. The van der Waals surface area contributed by atoms with Crippen molar-refractivity contribution in [1.82, 2.24) is 0 Å². The van der Waals surface area contributed by atoms with Gasteiger partial charge < -0.3 is 48.9 Å². The Bertz CT molecular complexity index is 1280. The van der Waals surface area contributed by atoms with Crippen molar-refractivity contribution < 1.29 is 48.9 Å². The molecule has 1 aromatic heterocycles. The van der Waals surface area contributed by atoms with E-state index in [4.69, 9.17) is 23.4 Å². The predicted molar refractivity (Wildman–Crippen MR) is 122 cm³/mol. The lowest BCUT2D eigenvalue weighted by Crippen LogP contribution is -2.55. The molecule has 1 aliphatic heterocycles. The van der Waals surface area contributed by atoms with Gasteiger partial charge >= 0.3 is 0 Å². The van der Waals surface area contributed by atoms with Crippen LogP contribution in [0.1, 0.15) is 11.7 Å². The number of phenolic OH excluding ortho intramolecular Hbond substituents is 1. The van der Waals surface area contributed by atoms with Crippen LogP contribution in [0.4, 0.5) is 0 Å². The zero-order valence-corrected chi connectivity index (χ0v) is 19.2. The van der Waals surface area contributed by atoms with Crippen molar-refractivity contribution in [3.63, 3.8) is 0 Å². The van der Waals surface area contributed by atoms with Crippen LogP contribution in [-0.4, -0.2) is 77.9 Å². The first-order chi connectivity index (χ1) is 16.7. The lowest BCUT2D eigenvalue weighted by Gasteiger charge is -2.40. The van der Waals surface area contributed by atoms with E-state index in [1.807, 2.05) is 0 Å². The highest BCUT2D eigenvalue weighted by molar-refractivity contribution is 5.88. The molecule has 0 spiro atoms. The number of fused-ring (bicyclic) bond motifs is 1. The number of aromatic hydroxyl groups is 1. The van der Waals surface area contributed by atoms with Crippen molar-refractivity contribution in [3.8, 4) is 34.3 Å². The fourth-order valence-corrected chi connectivity index (χ4v) is 4.21. The minimum Gasteiger partial charge on any atom is -0.506 e. The summed E-state index contributed by atoms with van der Waals surface area (Å²) in [5.41, 5.74) is -0.229. The number of ether oxygens (including phenoxy) is 4. The Kier molecular flexibility index (Phi) is 6.88. The molecule has 0 aliphatic carbocycles. The first-order valence-corrected chi connectivity index (χ1v) is 10.7. The standard InChI is InChI=1S/C24H26O11/c1-31-12-5-4-10(6-14(12)32-2)13-7-11(26)18-16(34-13)8-15(33-3)19(21(18)28)24-23(30)22(29)20(27)17(9-25)35-24/h4-8,17,20,22-25,27-30H,9H2,1-3H3. The molecule has 1 aliphatic rings. The Morgan fingerprint density at radius 2 is 1.57 bits per heavy atom. The molecule has 188 valence electrons. The number of aliphatic hydroxyl groups excluding tert-OH is 4. The van der Waals surface area contributed by atoms with Crippen molar-refractivity contribution in [2.75, 3.05) is 27.9 Å². The lowest BCUT2D eigenvalue weighted by molar-refractivity contribution is -0.232. The van der Waals surface area contributed by atoms with E-state index in [9.17, 15) is 30.3 Å². The van der Waals surface area contributed by atoms with Crippen LogP contribution in [0.15, 0.2) is 39.5 Å². The van der Waals surface area contributed by atoms with E-state index < -0.39 is 48.3 Å². The Labute approximate surface area is 199 Å². The zero-order chi connectivity index (χ0) is 25.4. The second-order valence-electron chi connectivity index (χ2n) is 8.01. The van der Waals surface area contributed by atoms with E-state index in [0.29, 0.717) is 17.1 Å². The van der Waals surface area contributed by atoms with E-state index in [1.165, 1.54) is 33.5 Å². The Morgan fingerprint density at radius 3 is 2.20 bits per heavy atom. The van der Waals surface area contributed by atoms with Crippen molar-refractivity contribution in [3.05, 3.63) is 46.1 Å². The summed E-state index contributed by atoms with van der Waals surface area (Å²) >= 11 is 0. The number of hydrogen-bond donors (Lipinski definition) is 5. The van der Waals surface area contributed by atoms with Crippen LogP contribution in [0, 0.1) is 0 Å². The van der Waals surface area contributed by atoms with Gasteiger partial charge in [-0.25, -0.2) is 0 Å². The van der Waals surface area contributed by atoms with Gasteiger partial charge in [0.15, 0.2) is 16.9 Å². The summed E-state index contributed by atoms with van der Waals surface area (Å²) in [7, 11) is 4.27. The van der Waals surface area contributed by atoms with Gasteiger partial charge in [0.2, 0.25) is 0 Å². The first-order valence-electron chi connectivity index (χ1n) is 10.7. The van der Waals surface area contributed by atoms with Crippen LogP contribution in [0.25, 0.3) is 22.3 Å². The normalized spacial score (nSPS) is 24.4. The highest BCUT2D eigenvalue weighted by Crippen LogP contribution is 2.45. The van der Waals surface area contributed by atoms with E-state index in [-0.39, 0.29) is 28.0 Å². The van der Waals surface area contributed by atoms with Crippen LogP contribution < -0.4 is 19.6 Å². The summed E-state index contributed by atoms with van der Waals surface area (Å²) in [6.45, 7) is -0.658. The summed E-state index contributed by atoms with van der Waals surface area (Å²) in [6, 6.07) is 7.48. The van der Waals surface area contributed by atoms with Crippen LogP contribution in [0.5, 0.6) is 23.0 Å². The van der Waals surface area contributed by atoms with E-state index >= 15 is 0 Å². The molecule has 0 amide bonds. The second-order valence-corrected chi connectivity index (χ2v) is 8.01. The summed E-state index contributed by atoms with van der Waals surface area (Å²) in [5, 5.41) is 51.1. The predicted octanol–water partition coefficient (Wildman–Crippen LogP) is 0.706. The largest absolute Gasteiger partial charge is 0.506 e. The van der Waals surface area contributed by atoms with Gasteiger partial charge in [-0.05, 0) is 18.2 Å². The van der Waals surface area contributed by atoms with E-state index in [0.717, 1.165) is 0 Å². The average Bonchev–Trinajstić information content (AvgIpc) is 2.87. The fourth-order valence-electron chi connectivity index (χ4n) is 4.21. The fraction of sp³-hybridized carbons (Fsp3) is 0.375. The molecule has 5 atom stereocenters. The van der Waals surface area contributed by atoms with Crippen LogP contribution in [-0.2, 0) is 4.74 Å². The molecule has 0 bridgehead atoms. The molecular weight excluding hydrogens is 464 g/mol. The lowest BCUT2D eigenvalue weighted by atomic mass is 9.89. The van der Waals surface area contributed by atoms with Crippen LogP contribution in [0.3, 0.4) is 0 Å². The van der Waals surface area contributed by atoms with Gasteiger partial charge in [-0.3, -0.25) is 4.79 Å². The quantitative estimate of drug-likeness (QED) is 0.330. The van der Waals surface area contributed by atoms with Gasteiger partial charge in [-0.2, -0.15) is 0 Å². The van der Waals surface area contributed by atoms with Crippen LogP contribution in [0.2, 0.25) is 0 Å². The molecule has 4 rings (SSSR count). The van der Waals surface area contributed by atoms with Gasteiger partial charge in [0.25, 0.3) is 0 Å². The highest BCUT2D eigenvalue weighted by atomic mass is 16.5. The van der Waals surface area contributed by atoms with Crippen LogP contribution >= 0.6 is 0 Å². The van der Waals surface area contributed by atoms with Crippen molar-refractivity contribution in [2.24, 2.45) is 0 Å². The van der Waals surface area contributed by atoms with Gasteiger partial charge in [0.05, 0.1) is 33.5 Å². The maximum atomic E-state index is 13.1. The molecule has 5 unspecified atom stereocenters. The number of hydrogen-bond acceptors (Lipinski definition) is 11. The first kappa shape index (κ1) is 24.8. The molecule has 3 aromatic rings. The number of phenols is 1. The third-order valence-electron chi connectivity index (χ3n) is 6.06. The molecule has 11 heteroatoms. The maximum Gasteiger partial charge on any atom is 0.197 e. The van der Waals surface area contributed by atoms with Gasteiger partial charge in [0.1, 0.15) is 58.7 Å². The Hall–Kier alpha value is -3.35. The van der Waals surface area contributed by atoms with Crippen molar-refractivity contribution in [2.45, 2.75) is 30.5 Å². The van der Waals surface area contributed by atoms with Gasteiger partial charge in [-0.15, -0.1) is 0 Å². The SMILES string of the molecule is COc1ccc(-c2cc(=O)c3c(O)c(C4OC(CO)C(O)C(O)C4O)c(OC)cc3o2)cc1OC. The molecule has 11 nitrogen and oxygen atoms in total. The summed E-state index contributed by atoms with van der Waals surface area (Å²) in [4.78, 5) is 13.1. The van der Waals surface area contributed by atoms with E-state index in [2.05, 4.69) is 0 Å². The third-order valence-corrected chi connectivity index (χ3v) is 6.06. The second kappa shape index (κ2) is 9.72. The Balaban J connectivity index is 1.87. The number of benzene rings is 2. The molecule has 1 saturated heterocycles. The third kappa shape index (κ3) is 4.17. The average molecular weight is 490 g/mol.